The van der Waals surface area contributed by atoms with Crippen molar-refractivity contribution in [1.29, 1.82) is 0 Å². The zero-order chi connectivity index (χ0) is 23.8. The average Bonchev–Trinajstić information content (AvgIpc) is 2.81. The van der Waals surface area contributed by atoms with Gasteiger partial charge in [-0.25, -0.2) is 0 Å². The number of carbonyl (C=O) groups is 2. The van der Waals surface area contributed by atoms with Gasteiger partial charge in [0.15, 0.2) is 11.5 Å². The van der Waals surface area contributed by atoms with E-state index in [-0.39, 0.29) is 5.57 Å². The molecule has 170 valence electrons. The minimum atomic E-state index is -0.511. The Labute approximate surface area is 194 Å². The normalized spacial score (nSPS) is 10.2. The number of rotatable bonds is 8. The molecule has 0 heterocycles. The van der Waals surface area contributed by atoms with Crippen LogP contribution < -0.4 is 20.1 Å². The summed E-state index contributed by atoms with van der Waals surface area (Å²) in [5.41, 5.74) is 3.67. The zero-order valence-corrected chi connectivity index (χ0v) is 19.3. The van der Waals surface area contributed by atoms with Crippen LogP contribution in [0.5, 0.6) is 11.5 Å². The molecule has 0 saturated heterocycles. The number of benzene rings is 3. The van der Waals surface area contributed by atoms with Gasteiger partial charge in [-0.1, -0.05) is 42.5 Å². The molecule has 3 aromatic rings. The van der Waals surface area contributed by atoms with Crippen LogP contribution in [0.15, 0.2) is 72.3 Å². The summed E-state index contributed by atoms with van der Waals surface area (Å²) < 4.78 is 11.0. The monoisotopic (exact) mass is 444 g/mol. The summed E-state index contributed by atoms with van der Waals surface area (Å²) in [5.74, 6) is 0.0856. The van der Waals surface area contributed by atoms with E-state index in [0.29, 0.717) is 35.0 Å². The van der Waals surface area contributed by atoms with Gasteiger partial charge in [0.1, 0.15) is 5.57 Å². The molecule has 0 aromatic heterocycles. The lowest BCUT2D eigenvalue weighted by molar-refractivity contribution is -0.118. The number of ether oxygens (including phenoxy) is 2. The molecule has 0 saturated carbocycles. The Hall–Kier alpha value is -4.06. The number of aryl methyl sites for hydroxylation is 2. The third kappa shape index (κ3) is 6.01. The molecule has 0 spiro atoms. The number of methoxy groups -OCH3 is 1. The van der Waals surface area contributed by atoms with Crippen molar-refractivity contribution in [3.63, 3.8) is 0 Å². The van der Waals surface area contributed by atoms with Gasteiger partial charge in [0.05, 0.1) is 13.7 Å². The van der Waals surface area contributed by atoms with Crippen molar-refractivity contribution in [3.8, 4) is 11.5 Å². The molecule has 0 aliphatic carbocycles. The number of carbonyl (C=O) groups excluding carboxylic acids is 2. The van der Waals surface area contributed by atoms with Crippen molar-refractivity contribution in [2.75, 3.05) is 24.4 Å². The van der Waals surface area contributed by atoms with Crippen LogP contribution in [0.3, 0.4) is 0 Å². The van der Waals surface area contributed by atoms with E-state index in [2.05, 4.69) is 10.6 Å². The molecule has 0 atom stereocenters. The van der Waals surface area contributed by atoms with Crippen LogP contribution in [0, 0.1) is 13.8 Å². The molecule has 33 heavy (non-hydrogen) atoms. The standard InChI is InChI=1S/C27H28N2O4/c1-5-33-24-15-14-20(17-25(24)32-4)16-21(26(30)28-22-12-8-6-10-18(22)2)27(31)29-23-13-9-7-11-19(23)3/h6-17H,5H2,1-4H3,(H,28,30)(H,29,31). The Balaban J connectivity index is 1.99. The first kappa shape index (κ1) is 23.6. The quantitative estimate of drug-likeness (QED) is 0.278. The molecule has 0 radical (unpaired) electrons. The second-order valence-electron chi connectivity index (χ2n) is 7.44. The summed E-state index contributed by atoms with van der Waals surface area (Å²) in [6.45, 7) is 6.17. The second kappa shape index (κ2) is 11.0. The van der Waals surface area contributed by atoms with Crippen LogP contribution in [-0.4, -0.2) is 25.5 Å². The summed E-state index contributed by atoms with van der Waals surface area (Å²) in [4.78, 5) is 26.4. The first-order chi connectivity index (χ1) is 15.9. The smallest absolute Gasteiger partial charge is 0.261 e. The molecule has 3 rings (SSSR count). The summed E-state index contributed by atoms with van der Waals surface area (Å²) in [6, 6.07) is 20.1. The van der Waals surface area contributed by atoms with Gasteiger partial charge in [-0.05, 0) is 67.8 Å². The van der Waals surface area contributed by atoms with E-state index in [4.69, 9.17) is 9.47 Å². The second-order valence-corrected chi connectivity index (χ2v) is 7.44. The van der Waals surface area contributed by atoms with Gasteiger partial charge in [0.2, 0.25) is 0 Å². The van der Waals surface area contributed by atoms with Gasteiger partial charge in [0, 0.05) is 11.4 Å². The van der Waals surface area contributed by atoms with Crippen molar-refractivity contribution in [1.82, 2.24) is 0 Å². The third-order valence-electron chi connectivity index (χ3n) is 5.07. The van der Waals surface area contributed by atoms with Crippen LogP contribution in [0.1, 0.15) is 23.6 Å². The van der Waals surface area contributed by atoms with Crippen molar-refractivity contribution in [3.05, 3.63) is 89.0 Å². The fraction of sp³-hybridized carbons (Fsp3) is 0.185. The van der Waals surface area contributed by atoms with Crippen molar-refractivity contribution in [2.24, 2.45) is 0 Å². The molecule has 6 heteroatoms. The number of amides is 2. The van der Waals surface area contributed by atoms with Crippen molar-refractivity contribution < 1.29 is 19.1 Å². The fourth-order valence-electron chi connectivity index (χ4n) is 3.26. The summed E-state index contributed by atoms with van der Waals surface area (Å²) >= 11 is 0. The van der Waals surface area contributed by atoms with Crippen LogP contribution in [0.4, 0.5) is 11.4 Å². The molecular formula is C27H28N2O4. The van der Waals surface area contributed by atoms with Gasteiger partial charge >= 0.3 is 0 Å². The maximum atomic E-state index is 13.2. The van der Waals surface area contributed by atoms with Crippen LogP contribution in [0.2, 0.25) is 0 Å². The Bertz CT molecular complexity index is 1120. The molecule has 0 bridgehead atoms. The van der Waals surface area contributed by atoms with E-state index in [1.54, 1.807) is 43.5 Å². The predicted molar refractivity (Wildman–Crippen MR) is 132 cm³/mol. The average molecular weight is 445 g/mol. The molecule has 3 aromatic carbocycles. The fourth-order valence-corrected chi connectivity index (χ4v) is 3.26. The first-order valence-electron chi connectivity index (χ1n) is 10.7. The van der Waals surface area contributed by atoms with Crippen molar-refractivity contribution in [2.45, 2.75) is 20.8 Å². The molecule has 2 amide bonds. The summed E-state index contributed by atoms with van der Waals surface area (Å²) in [7, 11) is 1.54. The lowest BCUT2D eigenvalue weighted by atomic mass is 10.1. The molecule has 6 nitrogen and oxygen atoms in total. The highest BCUT2D eigenvalue weighted by molar-refractivity contribution is 6.29. The van der Waals surface area contributed by atoms with Crippen LogP contribution >= 0.6 is 0 Å². The summed E-state index contributed by atoms with van der Waals surface area (Å²) in [6.07, 6.45) is 1.54. The first-order valence-corrected chi connectivity index (χ1v) is 10.7. The highest BCUT2D eigenvalue weighted by Gasteiger charge is 2.20. The molecule has 0 unspecified atom stereocenters. The van der Waals surface area contributed by atoms with E-state index >= 15 is 0 Å². The maximum absolute atomic E-state index is 13.2. The lowest BCUT2D eigenvalue weighted by Gasteiger charge is -2.14. The van der Waals surface area contributed by atoms with Gasteiger partial charge < -0.3 is 20.1 Å². The minimum absolute atomic E-state index is 0.0345. The van der Waals surface area contributed by atoms with Gasteiger partial charge in [0.25, 0.3) is 11.8 Å². The Morgan fingerprint density at radius 2 is 1.36 bits per heavy atom. The molecular weight excluding hydrogens is 416 g/mol. The largest absolute Gasteiger partial charge is 0.493 e. The van der Waals surface area contributed by atoms with Gasteiger partial charge in [-0.2, -0.15) is 0 Å². The Morgan fingerprint density at radius 3 is 1.85 bits per heavy atom. The Morgan fingerprint density at radius 1 is 0.818 bits per heavy atom. The van der Waals surface area contributed by atoms with Crippen LogP contribution in [0.25, 0.3) is 6.08 Å². The third-order valence-corrected chi connectivity index (χ3v) is 5.07. The topological polar surface area (TPSA) is 76.7 Å². The maximum Gasteiger partial charge on any atom is 0.261 e. The van der Waals surface area contributed by atoms with E-state index in [1.807, 2.05) is 57.2 Å². The van der Waals surface area contributed by atoms with E-state index in [1.165, 1.54) is 0 Å². The number of hydrogen-bond donors (Lipinski definition) is 2. The molecule has 0 aliphatic rings. The Kier molecular flexibility index (Phi) is 7.86. The van der Waals surface area contributed by atoms with Gasteiger partial charge in [-0.3, -0.25) is 9.59 Å². The molecule has 0 aliphatic heterocycles. The predicted octanol–water partition coefficient (Wildman–Crippen LogP) is 5.37. The zero-order valence-electron chi connectivity index (χ0n) is 19.3. The number of hydrogen-bond acceptors (Lipinski definition) is 4. The SMILES string of the molecule is CCOc1ccc(C=C(C(=O)Nc2ccccc2C)C(=O)Nc2ccccc2C)cc1OC. The van der Waals surface area contributed by atoms with E-state index in [9.17, 15) is 9.59 Å². The highest BCUT2D eigenvalue weighted by Crippen LogP contribution is 2.29. The minimum Gasteiger partial charge on any atom is -0.493 e. The molecule has 0 fully saturated rings. The molecule has 2 N–H and O–H groups in total. The van der Waals surface area contributed by atoms with E-state index < -0.39 is 11.8 Å². The lowest BCUT2D eigenvalue weighted by Crippen LogP contribution is -2.25. The number of anilines is 2. The number of nitrogens with one attached hydrogen (secondary N) is 2. The number of para-hydroxylation sites is 2. The van der Waals surface area contributed by atoms with E-state index in [0.717, 1.165) is 11.1 Å². The van der Waals surface area contributed by atoms with Crippen LogP contribution in [-0.2, 0) is 9.59 Å². The summed E-state index contributed by atoms with van der Waals surface area (Å²) in [5, 5.41) is 5.70. The van der Waals surface area contributed by atoms with Gasteiger partial charge in [-0.15, -0.1) is 0 Å². The highest BCUT2D eigenvalue weighted by atomic mass is 16.5. The van der Waals surface area contributed by atoms with Crippen molar-refractivity contribution >= 4 is 29.3 Å².